The van der Waals surface area contributed by atoms with Gasteiger partial charge >= 0.3 is 0 Å². The van der Waals surface area contributed by atoms with E-state index < -0.39 is 48.9 Å². The van der Waals surface area contributed by atoms with Crippen LogP contribution in [0.2, 0.25) is 0 Å². The highest BCUT2D eigenvalue weighted by atomic mass is 19.3. The number of carbonyl (C=O) groups excluding carboxylic acids is 1. The molecular weight excluding hydrogens is 354 g/mol. The number of alkyl halides is 2. The van der Waals surface area contributed by atoms with Gasteiger partial charge in [0.1, 0.15) is 6.04 Å². The number of halogens is 2. The molecule has 27 heavy (non-hydrogen) atoms. The number of hydrogen-bond donors (Lipinski definition) is 2. The molecule has 6 nitrogen and oxygen atoms in total. The van der Waals surface area contributed by atoms with E-state index in [1.165, 1.54) is 0 Å². The minimum Gasteiger partial charge on any atom is -0.388 e. The van der Waals surface area contributed by atoms with Crippen molar-refractivity contribution in [1.82, 2.24) is 9.88 Å². The zero-order valence-corrected chi connectivity index (χ0v) is 14.7. The van der Waals surface area contributed by atoms with E-state index in [0.29, 0.717) is 11.1 Å². The van der Waals surface area contributed by atoms with Crippen molar-refractivity contribution in [3.05, 3.63) is 42.1 Å². The molecule has 4 atom stereocenters. The molecule has 2 heterocycles. The van der Waals surface area contributed by atoms with Crippen molar-refractivity contribution in [2.75, 3.05) is 6.54 Å². The van der Waals surface area contributed by atoms with Crippen LogP contribution in [0.15, 0.2) is 36.5 Å². The number of amides is 1. The summed E-state index contributed by atoms with van der Waals surface area (Å²) in [5.41, 5.74) is 7.25. The molecule has 3 rings (SSSR count). The van der Waals surface area contributed by atoms with Gasteiger partial charge in [-0.1, -0.05) is 25.1 Å². The third kappa shape index (κ3) is 3.61. The number of pyridine rings is 1. The van der Waals surface area contributed by atoms with Crippen LogP contribution in [0.4, 0.5) is 8.78 Å². The number of fused-ring (bicyclic) bond motifs is 1. The zero-order valence-electron chi connectivity index (χ0n) is 14.7. The minimum atomic E-state index is -3.11. The lowest BCUT2D eigenvalue weighted by molar-refractivity contribution is -0.136. The molecule has 1 amide bonds. The zero-order chi connectivity index (χ0) is 19.8. The summed E-state index contributed by atoms with van der Waals surface area (Å²) in [7, 11) is 0. The van der Waals surface area contributed by atoms with Crippen LogP contribution in [-0.4, -0.2) is 45.4 Å². The van der Waals surface area contributed by atoms with Crippen LogP contribution in [0.25, 0.3) is 10.9 Å². The van der Waals surface area contributed by atoms with E-state index >= 15 is 0 Å². The normalized spacial score (nSPS) is 22.2. The number of aromatic nitrogens is 1. The lowest BCUT2D eigenvalue weighted by Gasteiger charge is -2.29. The van der Waals surface area contributed by atoms with Gasteiger partial charge in [0.05, 0.1) is 30.3 Å². The first kappa shape index (κ1) is 19.1. The Morgan fingerprint density at radius 2 is 2.15 bits per heavy atom. The van der Waals surface area contributed by atoms with Crippen molar-refractivity contribution >= 4 is 16.8 Å². The SMILES string of the molecule is CC(C(N)C(=O)N1CC(F)(F)CC1C#N)C(O)c1ccnc2ccccc12. The first-order valence-electron chi connectivity index (χ1n) is 8.60. The maximum Gasteiger partial charge on any atom is 0.268 e. The Labute approximate surface area is 155 Å². The number of hydrogen-bond acceptors (Lipinski definition) is 5. The second-order valence-corrected chi connectivity index (χ2v) is 6.92. The molecule has 8 heteroatoms. The van der Waals surface area contributed by atoms with Crippen molar-refractivity contribution < 1.29 is 18.7 Å². The molecule has 1 aromatic carbocycles. The third-order valence-electron chi connectivity index (χ3n) is 5.05. The van der Waals surface area contributed by atoms with E-state index in [2.05, 4.69) is 4.98 Å². The van der Waals surface area contributed by atoms with Gasteiger partial charge in [-0.15, -0.1) is 0 Å². The topological polar surface area (TPSA) is 103 Å². The first-order chi connectivity index (χ1) is 12.7. The number of likely N-dealkylation sites (tertiary alicyclic amines) is 1. The Hall–Kier alpha value is -2.63. The molecule has 0 bridgehead atoms. The number of nitrogens with two attached hydrogens (primary N) is 1. The van der Waals surface area contributed by atoms with Gasteiger partial charge in [0.2, 0.25) is 5.91 Å². The molecular formula is C19H20F2N4O2. The second-order valence-electron chi connectivity index (χ2n) is 6.92. The summed E-state index contributed by atoms with van der Waals surface area (Å²) in [6.45, 7) is 0.747. The van der Waals surface area contributed by atoms with Gasteiger partial charge in [-0.2, -0.15) is 5.26 Å². The molecule has 0 aliphatic carbocycles. The van der Waals surface area contributed by atoms with E-state index in [1.54, 1.807) is 43.5 Å². The summed E-state index contributed by atoms with van der Waals surface area (Å²) in [5, 5.41) is 20.6. The lowest BCUT2D eigenvalue weighted by atomic mass is 9.89. The Kier molecular flexibility index (Phi) is 5.09. The van der Waals surface area contributed by atoms with Crippen molar-refractivity contribution in [3.8, 4) is 6.07 Å². The molecule has 142 valence electrons. The largest absolute Gasteiger partial charge is 0.388 e. The minimum absolute atomic E-state index is 0.555. The highest BCUT2D eigenvalue weighted by molar-refractivity contribution is 5.84. The molecule has 0 spiro atoms. The first-order valence-corrected chi connectivity index (χ1v) is 8.60. The smallest absolute Gasteiger partial charge is 0.268 e. The van der Waals surface area contributed by atoms with E-state index in [0.717, 1.165) is 10.3 Å². The summed E-state index contributed by atoms with van der Waals surface area (Å²) >= 11 is 0. The highest BCUT2D eigenvalue weighted by Gasteiger charge is 2.48. The van der Waals surface area contributed by atoms with Gasteiger partial charge < -0.3 is 15.7 Å². The molecule has 1 aliphatic heterocycles. The Balaban J connectivity index is 1.83. The van der Waals surface area contributed by atoms with Crippen molar-refractivity contribution in [1.29, 1.82) is 5.26 Å². The van der Waals surface area contributed by atoms with Crippen LogP contribution in [0.5, 0.6) is 0 Å². The number of benzene rings is 1. The van der Waals surface area contributed by atoms with E-state index in [9.17, 15) is 18.7 Å². The van der Waals surface area contributed by atoms with Gasteiger partial charge in [-0.3, -0.25) is 9.78 Å². The fraction of sp³-hybridized carbons (Fsp3) is 0.421. The Morgan fingerprint density at radius 1 is 1.44 bits per heavy atom. The summed E-state index contributed by atoms with van der Waals surface area (Å²) in [6, 6.07) is 8.15. The molecule has 1 saturated heterocycles. The predicted octanol–water partition coefficient (Wildman–Crippen LogP) is 1.99. The van der Waals surface area contributed by atoms with Crippen molar-refractivity contribution in [3.63, 3.8) is 0 Å². The molecule has 1 fully saturated rings. The maximum absolute atomic E-state index is 13.6. The van der Waals surface area contributed by atoms with Gasteiger partial charge in [0, 0.05) is 23.9 Å². The standard InChI is InChI=1S/C19H20F2N4O2/c1-11(16(23)18(27)25-10-19(20,21)8-12(25)9-22)17(26)14-6-7-24-15-5-3-2-4-13(14)15/h2-7,11-12,16-17,26H,8,10,23H2,1H3. The molecule has 0 saturated carbocycles. The number of carbonyl (C=O) groups is 1. The molecule has 2 aromatic rings. The van der Waals surface area contributed by atoms with Gasteiger partial charge in [0.25, 0.3) is 5.92 Å². The van der Waals surface area contributed by atoms with E-state index in [1.807, 2.05) is 6.07 Å². The second kappa shape index (κ2) is 7.18. The average molecular weight is 374 g/mol. The fourth-order valence-electron chi connectivity index (χ4n) is 3.44. The average Bonchev–Trinajstić information content (AvgIpc) is 2.99. The molecule has 1 aromatic heterocycles. The number of rotatable bonds is 4. The summed E-state index contributed by atoms with van der Waals surface area (Å²) < 4.78 is 27.2. The lowest BCUT2D eigenvalue weighted by Crippen LogP contribution is -2.50. The number of aliphatic hydroxyl groups is 1. The van der Waals surface area contributed by atoms with Crippen LogP contribution in [0, 0.1) is 17.2 Å². The van der Waals surface area contributed by atoms with Crippen LogP contribution < -0.4 is 5.73 Å². The number of aliphatic hydroxyl groups excluding tert-OH is 1. The predicted molar refractivity (Wildman–Crippen MR) is 94.5 cm³/mol. The van der Waals surface area contributed by atoms with E-state index in [4.69, 9.17) is 11.0 Å². The fourth-order valence-corrected chi connectivity index (χ4v) is 3.44. The number of nitrogens with zero attached hydrogens (tertiary/aromatic N) is 3. The van der Waals surface area contributed by atoms with Crippen molar-refractivity contribution in [2.45, 2.75) is 37.5 Å². The summed E-state index contributed by atoms with van der Waals surface area (Å²) in [4.78, 5) is 17.7. The van der Waals surface area contributed by atoms with Crippen molar-refractivity contribution in [2.24, 2.45) is 11.7 Å². The number of para-hydroxylation sites is 1. The quantitative estimate of drug-likeness (QED) is 0.852. The number of nitriles is 1. The summed E-state index contributed by atoms with van der Waals surface area (Å²) in [5.74, 6) is -4.63. The van der Waals surface area contributed by atoms with Crippen LogP contribution >= 0.6 is 0 Å². The van der Waals surface area contributed by atoms with Crippen LogP contribution in [0.3, 0.4) is 0 Å². The van der Waals surface area contributed by atoms with Gasteiger partial charge in [0.15, 0.2) is 0 Å². The molecule has 0 radical (unpaired) electrons. The van der Waals surface area contributed by atoms with Gasteiger partial charge in [-0.05, 0) is 17.7 Å². The highest BCUT2D eigenvalue weighted by Crippen LogP contribution is 2.34. The van der Waals surface area contributed by atoms with Crippen LogP contribution in [0.1, 0.15) is 25.0 Å². The van der Waals surface area contributed by atoms with Gasteiger partial charge in [-0.25, -0.2) is 8.78 Å². The third-order valence-corrected chi connectivity index (χ3v) is 5.05. The molecule has 3 N–H and O–H groups in total. The maximum atomic E-state index is 13.6. The molecule has 4 unspecified atom stereocenters. The summed E-state index contributed by atoms with van der Waals surface area (Å²) in [6.07, 6.45) is -0.248. The van der Waals surface area contributed by atoms with Crippen LogP contribution in [-0.2, 0) is 4.79 Å². The molecule has 1 aliphatic rings. The monoisotopic (exact) mass is 374 g/mol. The Bertz CT molecular complexity index is 893. The Morgan fingerprint density at radius 3 is 2.85 bits per heavy atom. The van der Waals surface area contributed by atoms with E-state index in [-0.39, 0.29) is 0 Å².